The van der Waals surface area contributed by atoms with E-state index in [-0.39, 0.29) is 23.6 Å². The van der Waals surface area contributed by atoms with E-state index in [0.29, 0.717) is 37.8 Å². The topological polar surface area (TPSA) is 129 Å². The molecule has 4 N–H and O–H groups in total. The van der Waals surface area contributed by atoms with E-state index in [0.717, 1.165) is 5.56 Å². The number of aromatic nitrogens is 1. The summed E-state index contributed by atoms with van der Waals surface area (Å²) in [7, 11) is 1.52. The lowest BCUT2D eigenvalue weighted by Gasteiger charge is -2.25. The number of pyridine rings is 1. The Morgan fingerprint density at radius 1 is 0.892 bits per heavy atom. The zero-order chi connectivity index (χ0) is 27.2. The molecule has 0 aliphatic rings. The Kier molecular flexibility index (Phi) is 12.6. The van der Waals surface area contributed by atoms with E-state index in [9.17, 15) is 19.2 Å². The SMILES string of the molecule is CNC(=O)[C@H](Cc1ccccc1)NC(=O)[C@H](CC(C)C)NC(=O)C(S)CCCNC(=O)c1ccncc1. The van der Waals surface area contributed by atoms with Crippen molar-refractivity contribution in [3.63, 3.8) is 0 Å². The summed E-state index contributed by atoms with van der Waals surface area (Å²) < 4.78 is 0. The van der Waals surface area contributed by atoms with Gasteiger partial charge in [0.15, 0.2) is 0 Å². The molecule has 0 saturated carbocycles. The summed E-state index contributed by atoms with van der Waals surface area (Å²) in [6.45, 7) is 4.29. The number of carbonyl (C=O) groups is 4. The summed E-state index contributed by atoms with van der Waals surface area (Å²) in [5, 5.41) is 10.3. The molecule has 0 spiro atoms. The summed E-state index contributed by atoms with van der Waals surface area (Å²) in [6.07, 6.45) is 4.78. The Bertz CT molecular complexity index is 1020. The molecule has 1 aromatic carbocycles. The fraction of sp³-hybridized carbons (Fsp3) is 0.444. The van der Waals surface area contributed by atoms with Crippen LogP contribution in [0.3, 0.4) is 0 Å². The van der Waals surface area contributed by atoms with Crippen molar-refractivity contribution in [1.29, 1.82) is 0 Å². The van der Waals surface area contributed by atoms with Gasteiger partial charge in [0.25, 0.3) is 5.91 Å². The minimum absolute atomic E-state index is 0.130. The molecule has 0 saturated heterocycles. The fourth-order valence-electron chi connectivity index (χ4n) is 3.71. The van der Waals surface area contributed by atoms with Gasteiger partial charge >= 0.3 is 0 Å². The first-order valence-corrected chi connectivity index (χ1v) is 13.0. The maximum absolute atomic E-state index is 13.1. The normalized spacial score (nSPS) is 13.2. The lowest BCUT2D eigenvalue weighted by Crippen LogP contribution is -2.55. The van der Waals surface area contributed by atoms with Crippen LogP contribution in [-0.2, 0) is 20.8 Å². The van der Waals surface area contributed by atoms with Gasteiger partial charge in [-0.1, -0.05) is 44.2 Å². The van der Waals surface area contributed by atoms with Gasteiger partial charge in [-0.05, 0) is 42.9 Å². The van der Waals surface area contributed by atoms with E-state index in [4.69, 9.17) is 0 Å². The van der Waals surface area contributed by atoms with Crippen LogP contribution in [0.4, 0.5) is 0 Å². The molecule has 10 heteroatoms. The van der Waals surface area contributed by atoms with Gasteiger partial charge in [-0.15, -0.1) is 0 Å². The van der Waals surface area contributed by atoms with Crippen LogP contribution >= 0.6 is 12.6 Å². The van der Waals surface area contributed by atoms with Gasteiger partial charge in [0, 0.05) is 38.0 Å². The van der Waals surface area contributed by atoms with Gasteiger partial charge in [-0.25, -0.2) is 0 Å². The number of amides is 4. The number of rotatable bonds is 14. The number of hydrogen-bond acceptors (Lipinski definition) is 6. The van der Waals surface area contributed by atoms with Crippen molar-refractivity contribution in [2.24, 2.45) is 5.92 Å². The van der Waals surface area contributed by atoms with Crippen molar-refractivity contribution in [3.8, 4) is 0 Å². The summed E-state index contributed by atoms with van der Waals surface area (Å²) in [5.74, 6) is -1.18. The Morgan fingerprint density at radius 2 is 1.54 bits per heavy atom. The molecule has 0 bridgehead atoms. The first kappa shape index (κ1) is 29.8. The van der Waals surface area contributed by atoms with Crippen molar-refractivity contribution in [2.75, 3.05) is 13.6 Å². The number of benzene rings is 1. The molecule has 1 aromatic heterocycles. The van der Waals surface area contributed by atoms with E-state index < -0.39 is 23.2 Å². The second-order valence-electron chi connectivity index (χ2n) is 9.21. The molecule has 2 rings (SSSR count). The van der Waals surface area contributed by atoms with Crippen LogP contribution in [0.2, 0.25) is 0 Å². The third-order valence-electron chi connectivity index (χ3n) is 5.69. The van der Waals surface area contributed by atoms with Crippen LogP contribution in [-0.4, -0.2) is 59.5 Å². The number of hydrogen-bond donors (Lipinski definition) is 5. The summed E-state index contributed by atoms with van der Waals surface area (Å²) in [5.41, 5.74) is 1.42. The predicted octanol–water partition coefficient (Wildman–Crippen LogP) is 1.89. The zero-order valence-corrected chi connectivity index (χ0v) is 22.5. The Balaban J connectivity index is 1.91. The lowest BCUT2D eigenvalue weighted by molar-refractivity contribution is -0.132. The van der Waals surface area contributed by atoms with Crippen molar-refractivity contribution >= 4 is 36.3 Å². The number of nitrogens with one attached hydrogen (secondary N) is 4. The van der Waals surface area contributed by atoms with E-state index >= 15 is 0 Å². The average molecular weight is 528 g/mol. The molecule has 0 aliphatic heterocycles. The van der Waals surface area contributed by atoms with Gasteiger partial charge in [0.1, 0.15) is 12.1 Å². The molecule has 0 aliphatic carbocycles. The molecule has 1 unspecified atom stereocenters. The highest BCUT2D eigenvalue weighted by atomic mass is 32.1. The van der Waals surface area contributed by atoms with Gasteiger partial charge < -0.3 is 21.3 Å². The molecule has 9 nitrogen and oxygen atoms in total. The van der Waals surface area contributed by atoms with Crippen LogP contribution in [0.1, 0.15) is 49.0 Å². The molecule has 1 heterocycles. The van der Waals surface area contributed by atoms with Crippen LogP contribution in [0.15, 0.2) is 54.9 Å². The monoisotopic (exact) mass is 527 g/mol. The summed E-state index contributed by atoms with van der Waals surface area (Å²) in [4.78, 5) is 54.4. The maximum atomic E-state index is 13.1. The number of likely N-dealkylation sites (N-methyl/N-ethyl adjacent to an activating group) is 1. The number of carbonyl (C=O) groups excluding carboxylic acids is 4. The van der Waals surface area contributed by atoms with Gasteiger partial charge in [-0.3, -0.25) is 24.2 Å². The first-order valence-electron chi connectivity index (χ1n) is 12.4. The highest BCUT2D eigenvalue weighted by molar-refractivity contribution is 7.81. The maximum Gasteiger partial charge on any atom is 0.251 e. The lowest BCUT2D eigenvalue weighted by atomic mass is 10.0. The standard InChI is InChI=1S/C27H37N5O4S/c1-18(2)16-21(26(35)31-22(25(34)28-3)17-19-8-5-4-6-9-19)32-27(36)23(37)10-7-13-30-24(33)20-11-14-29-15-12-20/h4-6,8-9,11-12,14-15,18,21-23,37H,7,10,13,16-17H2,1-3H3,(H,28,34)(H,30,33)(H,31,35)(H,32,36)/t21-,22-,23?/m0/s1. The molecule has 2 aromatic rings. The van der Waals surface area contributed by atoms with E-state index in [1.165, 1.54) is 7.05 Å². The van der Waals surface area contributed by atoms with Crippen LogP contribution in [0, 0.1) is 5.92 Å². The van der Waals surface area contributed by atoms with Gasteiger partial charge in [-0.2, -0.15) is 12.6 Å². The van der Waals surface area contributed by atoms with E-state index in [1.54, 1.807) is 24.5 Å². The Hall–Kier alpha value is -3.40. The summed E-state index contributed by atoms with van der Waals surface area (Å²) >= 11 is 4.41. The fourth-order valence-corrected chi connectivity index (χ4v) is 3.97. The van der Waals surface area contributed by atoms with Crippen molar-refractivity contribution < 1.29 is 19.2 Å². The molecule has 37 heavy (non-hydrogen) atoms. The highest BCUT2D eigenvalue weighted by Gasteiger charge is 2.28. The van der Waals surface area contributed by atoms with Gasteiger partial charge in [0.05, 0.1) is 5.25 Å². The largest absolute Gasteiger partial charge is 0.357 e. The molecule has 0 fully saturated rings. The minimum Gasteiger partial charge on any atom is -0.357 e. The highest BCUT2D eigenvalue weighted by Crippen LogP contribution is 2.11. The molecular weight excluding hydrogens is 490 g/mol. The minimum atomic E-state index is -0.809. The second kappa shape index (κ2) is 15.7. The molecule has 0 radical (unpaired) electrons. The first-order chi connectivity index (χ1) is 17.7. The Labute approximate surface area is 224 Å². The Morgan fingerprint density at radius 3 is 2.16 bits per heavy atom. The van der Waals surface area contributed by atoms with Crippen molar-refractivity contribution in [2.45, 2.75) is 56.9 Å². The van der Waals surface area contributed by atoms with Gasteiger partial charge in [0.2, 0.25) is 17.7 Å². The smallest absolute Gasteiger partial charge is 0.251 e. The van der Waals surface area contributed by atoms with E-state index in [1.807, 2.05) is 44.2 Å². The molecule has 200 valence electrons. The quantitative estimate of drug-likeness (QED) is 0.189. The van der Waals surface area contributed by atoms with Crippen LogP contribution in [0.25, 0.3) is 0 Å². The molecule has 3 atom stereocenters. The van der Waals surface area contributed by atoms with E-state index in [2.05, 4.69) is 38.9 Å². The predicted molar refractivity (Wildman–Crippen MR) is 146 cm³/mol. The number of nitrogens with zero attached hydrogens (tertiary/aromatic N) is 1. The second-order valence-corrected chi connectivity index (χ2v) is 9.83. The average Bonchev–Trinajstić information content (AvgIpc) is 2.90. The summed E-state index contributed by atoms with van der Waals surface area (Å²) in [6, 6.07) is 11.1. The third-order valence-corrected chi connectivity index (χ3v) is 6.18. The molecule has 4 amide bonds. The van der Waals surface area contributed by atoms with Crippen LogP contribution < -0.4 is 21.3 Å². The van der Waals surface area contributed by atoms with Crippen molar-refractivity contribution in [3.05, 3.63) is 66.0 Å². The van der Waals surface area contributed by atoms with Crippen LogP contribution in [0.5, 0.6) is 0 Å². The zero-order valence-electron chi connectivity index (χ0n) is 21.6. The van der Waals surface area contributed by atoms with Crippen molar-refractivity contribution in [1.82, 2.24) is 26.3 Å². The molecular formula is C27H37N5O4S. The number of thiol groups is 1. The third kappa shape index (κ3) is 10.6.